The third-order valence-corrected chi connectivity index (χ3v) is 20.3. The van der Waals surface area contributed by atoms with Crippen LogP contribution >= 0.6 is 15.6 Å². The number of ether oxygens (including phenoxy) is 4. The van der Waals surface area contributed by atoms with Crippen LogP contribution in [0.25, 0.3) is 0 Å². The molecule has 0 aliphatic carbocycles. The molecule has 0 spiro atoms. The molecule has 6 atom stereocenters. The van der Waals surface area contributed by atoms with Crippen molar-refractivity contribution in [1.29, 1.82) is 0 Å². The van der Waals surface area contributed by atoms with Gasteiger partial charge >= 0.3 is 39.5 Å². The van der Waals surface area contributed by atoms with E-state index in [-0.39, 0.29) is 25.7 Å². The molecule has 3 unspecified atom stereocenters. The number of aliphatic hydroxyl groups is 1. The summed E-state index contributed by atoms with van der Waals surface area (Å²) in [7, 11) is -9.92. The lowest BCUT2D eigenvalue weighted by molar-refractivity contribution is -0.161. The quantitative estimate of drug-likeness (QED) is 0.0222. The van der Waals surface area contributed by atoms with E-state index in [1.807, 2.05) is 0 Å². The maximum atomic E-state index is 13.1. The van der Waals surface area contributed by atoms with Crippen LogP contribution in [-0.4, -0.2) is 96.7 Å². The first-order valence-electron chi connectivity index (χ1n) is 40.2. The van der Waals surface area contributed by atoms with Crippen molar-refractivity contribution >= 4 is 39.5 Å². The van der Waals surface area contributed by atoms with Crippen molar-refractivity contribution in [3.8, 4) is 0 Å². The monoisotopic (exact) mass is 1420 g/mol. The van der Waals surface area contributed by atoms with E-state index in [0.29, 0.717) is 25.7 Å². The Morgan fingerprint density at radius 3 is 0.732 bits per heavy atom. The molecule has 576 valence electrons. The van der Waals surface area contributed by atoms with Gasteiger partial charge in [0.1, 0.15) is 19.3 Å². The fourth-order valence-corrected chi connectivity index (χ4v) is 13.5. The molecule has 0 rings (SSSR count). The minimum Gasteiger partial charge on any atom is -0.462 e. The summed E-state index contributed by atoms with van der Waals surface area (Å²) in [6.45, 7) is 14.2. The largest absolute Gasteiger partial charge is 0.472 e. The lowest BCUT2D eigenvalue weighted by Gasteiger charge is -2.21. The molecule has 0 heterocycles. The zero-order valence-electron chi connectivity index (χ0n) is 63.7. The Kier molecular flexibility index (Phi) is 65.9. The van der Waals surface area contributed by atoms with Gasteiger partial charge in [0.2, 0.25) is 0 Å². The molecule has 0 radical (unpaired) electrons. The molecule has 0 bridgehead atoms. The number of carbonyl (C=O) groups excluding carboxylic acids is 4. The maximum Gasteiger partial charge on any atom is 0.472 e. The Labute approximate surface area is 594 Å². The van der Waals surface area contributed by atoms with Gasteiger partial charge in [0.15, 0.2) is 12.2 Å². The molecule has 0 aliphatic rings. The van der Waals surface area contributed by atoms with E-state index in [1.165, 1.54) is 193 Å². The number of aliphatic hydroxyl groups excluding tert-OH is 1. The van der Waals surface area contributed by atoms with E-state index in [4.69, 9.17) is 37.0 Å². The van der Waals surface area contributed by atoms with E-state index in [2.05, 4.69) is 55.4 Å². The van der Waals surface area contributed by atoms with Crippen LogP contribution in [0.5, 0.6) is 0 Å². The van der Waals surface area contributed by atoms with Crippen LogP contribution in [0.2, 0.25) is 0 Å². The fraction of sp³-hybridized carbons (Fsp3) is 0.949. The molecule has 0 aliphatic heterocycles. The summed E-state index contributed by atoms with van der Waals surface area (Å²) < 4.78 is 68.6. The zero-order valence-corrected chi connectivity index (χ0v) is 65.5. The average molecular weight is 1420 g/mol. The summed E-state index contributed by atoms with van der Waals surface area (Å²) in [5, 5.41) is 10.6. The van der Waals surface area contributed by atoms with Gasteiger partial charge < -0.3 is 33.8 Å². The number of esters is 4. The van der Waals surface area contributed by atoms with Gasteiger partial charge in [-0.05, 0) is 49.4 Å². The van der Waals surface area contributed by atoms with Gasteiger partial charge in [-0.15, -0.1) is 0 Å². The summed E-state index contributed by atoms with van der Waals surface area (Å²) in [5.74, 6) is 0.937. The molecule has 97 heavy (non-hydrogen) atoms. The second-order valence-corrected chi connectivity index (χ2v) is 32.7. The van der Waals surface area contributed by atoms with Gasteiger partial charge in [0.05, 0.1) is 26.4 Å². The Morgan fingerprint density at radius 2 is 0.495 bits per heavy atom. The highest BCUT2D eigenvalue weighted by Gasteiger charge is 2.30. The van der Waals surface area contributed by atoms with Crippen molar-refractivity contribution in [2.75, 3.05) is 39.6 Å². The van der Waals surface area contributed by atoms with E-state index in [1.54, 1.807) is 0 Å². The normalized spacial score (nSPS) is 14.4. The number of hydrogen-bond acceptors (Lipinski definition) is 15. The molecular formula is C78H152O17P2. The fourth-order valence-electron chi connectivity index (χ4n) is 11.9. The molecule has 17 nitrogen and oxygen atoms in total. The van der Waals surface area contributed by atoms with Crippen LogP contribution in [0.4, 0.5) is 0 Å². The number of rotatable bonds is 75. The SMILES string of the molecule is CCC(C)CCCCCCCCC(=O)OC[C@H](COP(=O)(O)OC[C@H](O)COP(=O)(O)OC[C@@H](COC(=O)CCCCCCCCCCCCCCCCCCCCC(C)C)OC(=O)CCCCCCCCCCCCC(C)C)OC(=O)CCCCCCCCCCCCC(C)C. The van der Waals surface area contributed by atoms with Crippen LogP contribution < -0.4 is 0 Å². The lowest BCUT2D eigenvalue weighted by Crippen LogP contribution is -2.30. The van der Waals surface area contributed by atoms with Crippen molar-refractivity contribution < 1.29 is 80.2 Å². The highest BCUT2D eigenvalue weighted by Crippen LogP contribution is 2.45. The van der Waals surface area contributed by atoms with Gasteiger partial charge in [-0.25, -0.2) is 9.13 Å². The molecule has 0 aromatic rings. The third kappa shape index (κ3) is 70.9. The van der Waals surface area contributed by atoms with Crippen molar-refractivity contribution in [2.45, 2.75) is 414 Å². The summed E-state index contributed by atoms with van der Waals surface area (Å²) in [5.41, 5.74) is 0. The molecular weight excluding hydrogens is 1270 g/mol. The molecule has 19 heteroatoms. The molecule has 0 fully saturated rings. The maximum absolute atomic E-state index is 13.1. The van der Waals surface area contributed by atoms with Gasteiger partial charge in [-0.1, -0.05) is 344 Å². The smallest absolute Gasteiger partial charge is 0.462 e. The number of phosphoric acid groups is 2. The highest BCUT2D eigenvalue weighted by atomic mass is 31.2. The third-order valence-electron chi connectivity index (χ3n) is 18.4. The molecule has 3 N–H and O–H groups in total. The van der Waals surface area contributed by atoms with E-state index in [9.17, 15) is 43.2 Å². The van der Waals surface area contributed by atoms with E-state index in [0.717, 1.165) is 120 Å². The first-order chi connectivity index (χ1) is 46.6. The summed E-state index contributed by atoms with van der Waals surface area (Å²) in [6, 6.07) is 0. The number of unbranched alkanes of at least 4 members (excludes halogenated alkanes) is 40. The second-order valence-electron chi connectivity index (χ2n) is 29.8. The number of phosphoric ester groups is 2. The van der Waals surface area contributed by atoms with E-state index >= 15 is 0 Å². The number of carbonyl (C=O) groups is 4. The second kappa shape index (κ2) is 67.2. The van der Waals surface area contributed by atoms with Gasteiger partial charge in [-0.3, -0.25) is 37.3 Å². The highest BCUT2D eigenvalue weighted by molar-refractivity contribution is 7.47. The van der Waals surface area contributed by atoms with Gasteiger partial charge in [0, 0.05) is 25.7 Å². The summed E-state index contributed by atoms with van der Waals surface area (Å²) in [6.07, 6.45) is 52.9. The molecule has 0 amide bonds. The lowest BCUT2D eigenvalue weighted by atomic mass is 10.00. The zero-order chi connectivity index (χ0) is 71.7. The number of hydrogen-bond donors (Lipinski definition) is 3. The van der Waals surface area contributed by atoms with Crippen LogP contribution in [0, 0.1) is 23.7 Å². The first kappa shape index (κ1) is 95.1. The Bertz CT molecular complexity index is 1900. The molecule has 0 saturated carbocycles. The molecule has 0 saturated heterocycles. The van der Waals surface area contributed by atoms with Gasteiger partial charge in [0.25, 0.3) is 0 Å². The standard InChI is InChI=1S/C78H152O17P2/c1-9-71(8)57-49-41-36-37-43-51-59-76(81)89-65-74(95-78(83)61-53-45-35-29-23-21-26-32-40-48-56-70(6)7)67-93-97(86,87)91-63-72(79)62-90-96(84,85)92-66-73(94-77(82)60-52-44-34-28-22-20-25-31-39-47-55-69(4)5)64-88-75(80)58-50-42-33-27-19-17-15-13-11-10-12-14-16-18-24-30-38-46-54-68(2)3/h68-74,79H,9-67H2,1-8H3,(H,84,85)(H,86,87)/t71?,72-,73-,74-/m1/s1. The van der Waals surface area contributed by atoms with Crippen molar-refractivity contribution in [3.63, 3.8) is 0 Å². The summed E-state index contributed by atoms with van der Waals surface area (Å²) in [4.78, 5) is 72.9. The average Bonchev–Trinajstić information content (AvgIpc) is 1.06. The van der Waals surface area contributed by atoms with Crippen LogP contribution in [0.15, 0.2) is 0 Å². The summed E-state index contributed by atoms with van der Waals surface area (Å²) >= 11 is 0. The topological polar surface area (TPSA) is 237 Å². The minimum atomic E-state index is -4.96. The van der Waals surface area contributed by atoms with Crippen molar-refractivity contribution in [3.05, 3.63) is 0 Å². The Balaban J connectivity index is 5.19. The van der Waals surface area contributed by atoms with Crippen molar-refractivity contribution in [1.82, 2.24) is 0 Å². The van der Waals surface area contributed by atoms with Gasteiger partial charge in [-0.2, -0.15) is 0 Å². The van der Waals surface area contributed by atoms with Crippen molar-refractivity contribution in [2.24, 2.45) is 23.7 Å². The van der Waals surface area contributed by atoms with Crippen LogP contribution in [-0.2, 0) is 65.4 Å². The predicted molar refractivity (Wildman–Crippen MR) is 395 cm³/mol. The Morgan fingerprint density at radius 1 is 0.289 bits per heavy atom. The van der Waals surface area contributed by atoms with Crippen LogP contribution in [0.1, 0.15) is 396 Å². The predicted octanol–water partition coefficient (Wildman–Crippen LogP) is 22.8. The Hall–Kier alpha value is -1.94. The minimum absolute atomic E-state index is 0.105. The van der Waals surface area contributed by atoms with Crippen LogP contribution in [0.3, 0.4) is 0 Å². The molecule has 0 aromatic heterocycles. The molecule has 0 aromatic carbocycles. The first-order valence-corrected chi connectivity index (χ1v) is 43.2. The van der Waals surface area contributed by atoms with E-state index < -0.39 is 97.5 Å².